The number of hydrogen-bond acceptors (Lipinski definition) is 3. The Kier molecular flexibility index (Phi) is 5.99. The molecule has 0 N–H and O–H groups in total. The van der Waals surface area contributed by atoms with Crippen LogP contribution >= 0.6 is 0 Å². The molecule has 1 aromatic heterocycles. The first-order valence-electron chi connectivity index (χ1n) is 8.66. The number of aryl methyl sites for hydroxylation is 1. The molecule has 2 aromatic carbocycles. The molecule has 3 rings (SSSR count). The Labute approximate surface area is 154 Å². The van der Waals surface area contributed by atoms with Crippen LogP contribution in [0.1, 0.15) is 17.5 Å². The number of amides is 1. The maximum Gasteiger partial charge on any atom is 0.230 e. The lowest BCUT2D eigenvalue weighted by molar-refractivity contribution is -0.119. The summed E-state index contributed by atoms with van der Waals surface area (Å²) < 4.78 is 5.67. The Morgan fingerprint density at radius 1 is 1.00 bits per heavy atom. The van der Waals surface area contributed by atoms with Gasteiger partial charge in [0.15, 0.2) is 0 Å². The molecule has 3 aromatic rings. The van der Waals surface area contributed by atoms with Crippen molar-refractivity contribution in [2.75, 3.05) is 11.5 Å². The first kappa shape index (κ1) is 17.7. The van der Waals surface area contributed by atoms with Gasteiger partial charge in [0.2, 0.25) is 5.91 Å². The quantitative estimate of drug-likeness (QED) is 0.637. The van der Waals surface area contributed by atoms with Gasteiger partial charge in [-0.3, -0.25) is 9.78 Å². The molecule has 0 atom stereocenters. The Bertz CT molecular complexity index is 818. The number of rotatable bonds is 7. The van der Waals surface area contributed by atoms with E-state index in [1.165, 1.54) is 0 Å². The van der Waals surface area contributed by atoms with Gasteiger partial charge in [0.1, 0.15) is 5.75 Å². The maximum absolute atomic E-state index is 12.8. The van der Waals surface area contributed by atoms with E-state index in [0.717, 1.165) is 22.6 Å². The molecule has 1 heterocycles. The molecule has 0 saturated carbocycles. The van der Waals surface area contributed by atoms with Crippen molar-refractivity contribution >= 4 is 11.6 Å². The number of aromatic nitrogens is 1. The van der Waals surface area contributed by atoms with Gasteiger partial charge >= 0.3 is 0 Å². The average molecular weight is 346 g/mol. The second-order valence-corrected chi connectivity index (χ2v) is 6.09. The van der Waals surface area contributed by atoms with E-state index in [-0.39, 0.29) is 5.91 Å². The Balaban J connectivity index is 1.69. The van der Waals surface area contributed by atoms with Gasteiger partial charge in [0.05, 0.1) is 19.6 Å². The van der Waals surface area contributed by atoms with Gasteiger partial charge in [-0.1, -0.05) is 42.0 Å². The van der Waals surface area contributed by atoms with Crippen LogP contribution < -0.4 is 9.64 Å². The van der Waals surface area contributed by atoms with E-state index in [1.54, 1.807) is 17.3 Å². The molecular weight excluding hydrogens is 324 g/mol. The van der Waals surface area contributed by atoms with E-state index in [9.17, 15) is 4.79 Å². The van der Waals surface area contributed by atoms with Crippen molar-refractivity contribution < 1.29 is 9.53 Å². The minimum Gasteiger partial charge on any atom is -0.493 e. The van der Waals surface area contributed by atoms with Crippen LogP contribution in [0.25, 0.3) is 0 Å². The summed E-state index contributed by atoms with van der Waals surface area (Å²) in [6.45, 7) is 2.87. The van der Waals surface area contributed by atoms with Gasteiger partial charge in [0, 0.05) is 18.1 Å². The highest BCUT2D eigenvalue weighted by Crippen LogP contribution is 2.19. The zero-order chi connectivity index (χ0) is 18.2. The van der Waals surface area contributed by atoms with E-state index < -0.39 is 0 Å². The van der Waals surface area contributed by atoms with Gasteiger partial charge in [-0.15, -0.1) is 0 Å². The van der Waals surface area contributed by atoms with E-state index in [1.807, 2.05) is 73.7 Å². The number of carbonyl (C=O) groups is 1. The smallest absolute Gasteiger partial charge is 0.230 e. The average Bonchev–Trinajstić information content (AvgIpc) is 2.68. The lowest BCUT2D eigenvalue weighted by Gasteiger charge is -2.23. The molecule has 26 heavy (non-hydrogen) atoms. The van der Waals surface area contributed by atoms with Gasteiger partial charge < -0.3 is 9.64 Å². The molecule has 0 spiro atoms. The van der Waals surface area contributed by atoms with Crippen LogP contribution in [0.2, 0.25) is 0 Å². The van der Waals surface area contributed by atoms with Crippen molar-refractivity contribution in [3.05, 3.63) is 90.3 Å². The second kappa shape index (κ2) is 8.81. The predicted octanol–water partition coefficient (Wildman–Crippen LogP) is 4.39. The first-order valence-corrected chi connectivity index (χ1v) is 8.66. The topological polar surface area (TPSA) is 42.4 Å². The summed E-state index contributed by atoms with van der Waals surface area (Å²) in [6, 6.07) is 21.4. The summed E-state index contributed by atoms with van der Waals surface area (Å²) in [7, 11) is 0. The number of anilines is 1. The van der Waals surface area contributed by atoms with Crippen LogP contribution in [-0.4, -0.2) is 17.5 Å². The van der Waals surface area contributed by atoms with Crippen molar-refractivity contribution in [1.82, 2.24) is 4.98 Å². The van der Waals surface area contributed by atoms with Crippen LogP contribution in [0.15, 0.2) is 79.1 Å². The summed E-state index contributed by atoms with van der Waals surface area (Å²) in [4.78, 5) is 18.8. The van der Waals surface area contributed by atoms with Crippen LogP contribution in [0.5, 0.6) is 5.75 Å². The normalized spacial score (nSPS) is 10.3. The molecule has 0 bridgehead atoms. The first-order chi connectivity index (χ1) is 12.7. The molecule has 0 unspecified atom stereocenters. The van der Waals surface area contributed by atoms with Crippen LogP contribution in [0.3, 0.4) is 0 Å². The molecule has 0 aliphatic heterocycles. The Hall–Kier alpha value is -3.14. The molecule has 0 aliphatic rings. The largest absolute Gasteiger partial charge is 0.493 e. The van der Waals surface area contributed by atoms with Crippen molar-refractivity contribution in [2.45, 2.75) is 19.9 Å². The summed E-state index contributed by atoms with van der Waals surface area (Å²) >= 11 is 0. The molecule has 0 radical (unpaired) electrons. The van der Waals surface area contributed by atoms with Gasteiger partial charge in [-0.25, -0.2) is 0 Å². The zero-order valence-electron chi connectivity index (χ0n) is 14.8. The van der Waals surface area contributed by atoms with Crippen LogP contribution in [0, 0.1) is 6.92 Å². The third-order valence-electron chi connectivity index (χ3n) is 4.04. The van der Waals surface area contributed by atoms with Crippen molar-refractivity contribution in [1.29, 1.82) is 0 Å². The van der Waals surface area contributed by atoms with Crippen LogP contribution in [-0.2, 0) is 11.3 Å². The van der Waals surface area contributed by atoms with Crippen molar-refractivity contribution in [3.63, 3.8) is 0 Å². The van der Waals surface area contributed by atoms with E-state index in [0.29, 0.717) is 19.6 Å². The fraction of sp³-hybridized carbons (Fsp3) is 0.182. The highest BCUT2D eigenvalue weighted by Gasteiger charge is 2.16. The summed E-state index contributed by atoms with van der Waals surface area (Å²) in [5, 5.41) is 0. The minimum atomic E-state index is 0.0219. The van der Waals surface area contributed by atoms with Gasteiger partial charge in [-0.05, 0) is 42.8 Å². The van der Waals surface area contributed by atoms with E-state index in [4.69, 9.17) is 4.74 Å². The highest BCUT2D eigenvalue weighted by molar-refractivity contribution is 5.93. The SMILES string of the molecule is Cc1ccc(N(Cc2cccnc2)C(=O)CCOc2ccccc2)cc1. The molecule has 0 saturated heterocycles. The highest BCUT2D eigenvalue weighted by atomic mass is 16.5. The van der Waals surface area contributed by atoms with E-state index >= 15 is 0 Å². The molecule has 4 heteroatoms. The maximum atomic E-state index is 12.8. The summed E-state index contributed by atoms with van der Waals surface area (Å²) in [6.07, 6.45) is 3.83. The number of ether oxygens (including phenoxy) is 1. The van der Waals surface area contributed by atoms with Crippen molar-refractivity contribution in [2.24, 2.45) is 0 Å². The standard InChI is InChI=1S/C22H22N2O2/c1-18-9-11-20(12-10-18)24(17-19-6-5-14-23-16-19)22(25)13-15-26-21-7-3-2-4-8-21/h2-12,14,16H,13,15,17H2,1H3. The minimum absolute atomic E-state index is 0.0219. The number of pyridine rings is 1. The molecular formula is C22H22N2O2. The monoisotopic (exact) mass is 346 g/mol. The number of hydrogen-bond donors (Lipinski definition) is 0. The summed E-state index contributed by atoms with van der Waals surface area (Å²) in [5.74, 6) is 0.795. The third-order valence-corrected chi connectivity index (χ3v) is 4.04. The van der Waals surface area contributed by atoms with Gasteiger partial charge in [0.25, 0.3) is 0 Å². The molecule has 0 aliphatic carbocycles. The van der Waals surface area contributed by atoms with Crippen molar-refractivity contribution in [3.8, 4) is 5.75 Å². The Morgan fingerprint density at radius 3 is 2.46 bits per heavy atom. The Morgan fingerprint density at radius 2 is 1.77 bits per heavy atom. The number of nitrogens with zero attached hydrogens (tertiary/aromatic N) is 2. The third kappa shape index (κ3) is 4.93. The fourth-order valence-corrected chi connectivity index (χ4v) is 2.63. The van der Waals surface area contributed by atoms with E-state index in [2.05, 4.69) is 4.98 Å². The molecule has 0 fully saturated rings. The van der Waals surface area contributed by atoms with Crippen LogP contribution in [0.4, 0.5) is 5.69 Å². The number of benzene rings is 2. The molecule has 1 amide bonds. The fourth-order valence-electron chi connectivity index (χ4n) is 2.63. The lowest BCUT2D eigenvalue weighted by Crippen LogP contribution is -2.31. The number of carbonyl (C=O) groups excluding carboxylic acids is 1. The van der Waals surface area contributed by atoms with Gasteiger partial charge in [-0.2, -0.15) is 0 Å². The lowest BCUT2D eigenvalue weighted by atomic mass is 10.2. The second-order valence-electron chi connectivity index (χ2n) is 6.09. The molecule has 132 valence electrons. The summed E-state index contributed by atoms with van der Waals surface area (Å²) in [5.41, 5.74) is 3.03. The number of para-hydroxylation sites is 1. The predicted molar refractivity (Wildman–Crippen MR) is 103 cm³/mol. The molecule has 4 nitrogen and oxygen atoms in total. The zero-order valence-corrected chi connectivity index (χ0v) is 14.8.